The first-order valence-corrected chi connectivity index (χ1v) is 8.81. The third kappa shape index (κ3) is 4.37. The van der Waals surface area contributed by atoms with Crippen LogP contribution >= 0.6 is 0 Å². The Morgan fingerprint density at radius 2 is 1.68 bits per heavy atom. The van der Waals surface area contributed by atoms with Crippen molar-refractivity contribution in [3.8, 4) is 11.4 Å². The molecule has 0 saturated heterocycles. The van der Waals surface area contributed by atoms with E-state index in [1.807, 2.05) is 31.2 Å². The van der Waals surface area contributed by atoms with Gasteiger partial charge in [0.1, 0.15) is 5.75 Å². The van der Waals surface area contributed by atoms with E-state index >= 15 is 0 Å². The first kappa shape index (κ1) is 19.2. The summed E-state index contributed by atoms with van der Waals surface area (Å²) in [6.45, 7) is 3.81. The van der Waals surface area contributed by atoms with Crippen LogP contribution < -0.4 is 15.6 Å². The molecule has 0 aliphatic rings. The number of nitrogens with zero attached hydrogens (tertiary/aromatic N) is 2. The Bertz CT molecular complexity index is 976. The van der Waals surface area contributed by atoms with E-state index in [2.05, 4.69) is 16.0 Å². The number of aryl methyl sites for hydroxylation is 1. The quantitative estimate of drug-likeness (QED) is 0.668. The van der Waals surface area contributed by atoms with Crippen molar-refractivity contribution in [3.63, 3.8) is 0 Å². The Morgan fingerprint density at radius 3 is 2.32 bits per heavy atom. The Kier molecular flexibility index (Phi) is 5.74. The topological polar surface area (TPSA) is 85.2 Å². The molecule has 7 nitrogen and oxygen atoms in total. The van der Waals surface area contributed by atoms with Crippen LogP contribution in [-0.4, -0.2) is 28.7 Å². The summed E-state index contributed by atoms with van der Waals surface area (Å²) in [4.78, 5) is 24.5. The molecule has 0 spiro atoms. The van der Waals surface area contributed by atoms with Gasteiger partial charge in [-0.1, -0.05) is 29.8 Å². The Hall–Kier alpha value is -3.61. The van der Waals surface area contributed by atoms with Crippen molar-refractivity contribution >= 4 is 11.8 Å². The molecular formula is C21H22N4O3. The van der Waals surface area contributed by atoms with E-state index in [1.54, 1.807) is 43.0 Å². The van der Waals surface area contributed by atoms with Gasteiger partial charge < -0.3 is 4.74 Å². The lowest BCUT2D eigenvalue weighted by atomic mass is 10.1. The lowest BCUT2D eigenvalue weighted by molar-refractivity contribution is -0.121. The number of carbonyl (C=O) groups is 2. The van der Waals surface area contributed by atoms with Gasteiger partial charge in [0.2, 0.25) is 5.91 Å². The second-order valence-corrected chi connectivity index (χ2v) is 6.42. The zero-order valence-corrected chi connectivity index (χ0v) is 16.0. The summed E-state index contributed by atoms with van der Waals surface area (Å²) >= 11 is 0. The van der Waals surface area contributed by atoms with Gasteiger partial charge >= 0.3 is 0 Å². The minimum atomic E-state index is -0.418. The summed E-state index contributed by atoms with van der Waals surface area (Å²) in [5.41, 5.74) is 8.78. The lowest BCUT2D eigenvalue weighted by Gasteiger charge is -2.08. The first-order valence-electron chi connectivity index (χ1n) is 8.81. The number of rotatable bonds is 5. The van der Waals surface area contributed by atoms with Gasteiger partial charge in [-0.25, -0.2) is 4.68 Å². The molecule has 2 N–H and O–H groups in total. The summed E-state index contributed by atoms with van der Waals surface area (Å²) in [6.07, 6.45) is 1.63. The van der Waals surface area contributed by atoms with Crippen molar-refractivity contribution in [1.29, 1.82) is 0 Å². The summed E-state index contributed by atoms with van der Waals surface area (Å²) in [5, 5.41) is 4.28. The van der Waals surface area contributed by atoms with E-state index in [1.165, 1.54) is 6.20 Å². The van der Waals surface area contributed by atoms with E-state index in [0.717, 1.165) is 22.6 Å². The van der Waals surface area contributed by atoms with Gasteiger partial charge in [-0.2, -0.15) is 5.10 Å². The molecule has 7 heteroatoms. The number of methoxy groups -OCH3 is 1. The van der Waals surface area contributed by atoms with Gasteiger partial charge in [0, 0.05) is 0 Å². The van der Waals surface area contributed by atoms with E-state index < -0.39 is 5.91 Å². The van der Waals surface area contributed by atoms with Gasteiger partial charge in [-0.15, -0.1) is 0 Å². The van der Waals surface area contributed by atoms with Gasteiger partial charge in [0.05, 0.1) is 36.7 Å². The monoisotopic (exact) mass is 378 g/mol. The Labute approximate surface area is 163 Å². The molecule has 2 amide bonds. The van der Waals surface area contributed by atoms with Gasteiger partial charge in [-0.05, 0) is 43.7 Å². The van der Waals surface area contributed by atoms with Crippen molar-refractivity contribution in [2.75, 3.05) is 7.11 Å². The molecule has 0 fully saturated rings. The van der Waals surface area contributed by atoms with Crippen LogP contribution in [0.15, 0.2) is 54.7 Å². The third-order valence-corrected chi connectivity index (χ3v) is 4.37. The first-order chi connectivity index (χ1) is 13.5. The fourth-order valence-corrected chi connectivity index (χ4v) is 2.75. The molecule has 0 aliphatic carbocycles. The molecule has 0 saturated carbocycles. The van der Waals surface area contributed by atoms with Crippen molar-refractivity contribution < 1.29 is 14.3 Å². The number of hydrogen-bond acceptors (Lipinski definition) is 4. The summed E-state index contributed by atoms with van der Waals surface area (Å²) in [6, 6.07) is 15.0. The lowest BCUT2D eigenvalue weighted by Crippen LogP contribution is -2.42. The number of ether oxygens (including phenoxy) is 1. The van der Waals surface area contributed by atoms with Crippen molar-refractivity contribution in [1.82, 2.24) is 20.6 Å². The summed E-state index contributed by atoms with van der Waals surface area (Å²) in [5.74, 6) is -0.0143. The molecule has 1 aromatic heterocycles. The summed E-state index contributed by atoms with van der Waals surface area (Å²) in [7, 11) is 1.58. The highest BCUT2D eigenvalue weighted by Gasteiger charge is 2.16. The molecule has 3 rings (SSSR count). The van der Waals surface area contributed by atoms with E-state index in [9.17, 15) is 9.59 Å². The molecular weight excluding hydrogens is 356 g/mol. The van der Waals surface area contributed by atoms with Gasteiger partial charge in [0.25, 0.3) is 5.91 Å². The van der Waals surface area contributed by atoms with Crippen LogP contribution in [-0.2, 0) is 11.2 Å². The normalized spacial score (nSPS) is 10.4. The highest BCUT2D eigenvalue weighted by molar-refractivity contribution is 5.96. The number of benzene rings is 2. The number of carbonyl (C=O) groups excluding carboxylic acids is 2. The Balaban J connectivity index is 1.60. The standard InChI is InChI=1S/C21H22N4O3/c1-14-4-8-17(9-5-14)25-15(2)19(13-22-25)21(27)24-23-20(26)12-16-6-10-18(28-3)11-7-16/h4-11,13H,12H2,1-3H3,(H,23,26)(H,24,27). The predicted molar refractivity (Wildman–Crippen MR) is 105 cm³/mol. The largest absolute Gasteiger partial charge is 0.497 e. The smallest absolute Gasteiger partial charge is 0.273 e. The predicted octanol–water partition coefficient (Wildman–Crippen LogP) is 2.50. The van der Waals surface area contributed by atoms with Crippen LogP contribution in [0, 0.1) is 13.8 Å². The maximum absolute atomic E-state index is 12.4. The molecule has 1 heterocycles. The Morgan fingerprint density at radius 1 is 1.00 bits per heavy atom. The molecule has 28 heavy (non-hydrogen) atoms. The maximum Gasteiger partial charge on any atom is 0.273 e. The number of aromatic nitrogens is 2. The fourth-order valence-electron chi connectivity index (χ4n) is 2.75. The van der Waals surface area contributed by atoms with Gasteiger partial charge in [0.15, 0.2) is 0 Å². The molecule has 0 unspecified atom stereocenters. The molecule has 0 atom stereocenters. The fraction of sp³-hybridized carbons (Fsp3) is 0.190. The molecule has 0 aliphatic heterocycles. The number of hydrogen-bond donors (Lipinski definition) is 2. The van der Waals surface area contributed by atoms with Crippen molar-refractivity contribution in [2.45, 2.75) is 20.3 Å². The van der Waals surface area contributed by atoms with Crippen molar-refractivity contribution in [3.05, 3.63) is 77.1 Å². The SMILES string of the molecule is COc1ccc(CC(=O)NNC(=O)c2cnn(-c3ccc(C)cc3)c2C)cc1. The van der Waals surface area contributed by atoms with Crippen LogP contribution in [0.4, 0.5) is 0 Å². The van der Waals surface area contributed by atoms with Crippen LogP contribution in [0.1, 0.15) is 27.2 Å². The highest BCUT2D eigenvalue weighted by Crippen LogP contribution is 2.15. The van der Waals surface area contributed by atoms with Crippen LogP contribution in [0.2, 0.25) is 0 Å². The second-order valence-electron chi connectivity index (χ2n) is 6.42. The summed E-state index contributed by atoms with van der Waals surface area (Å²) < 4.78 is 6.78. The van der Waals surface area contributed by atoms with E-state index in [4.69, 9.17) is 4.74 Å². The zero-order valence-electron chi connectivity index (χ0n) is 16.0. The number of amides is 2. The van der Waals surface area contributed by atoms with Crippen LogP contribution in [0.3, 0.4) is 0 Å². The molecule has 3 aromatic rings. The average molecular weight is 378 g/mol. The van der Waals surface area contributed by atoms with Crippen molar-refractivity contribution in [2.24, 2.45) is 0 Å². The second kappa shape index (κ2) is 8.39. The number of nitrogens with one attached hydrogen (secondary N) is 2. The van der Waals surface area contributed by atoms with Crippen LogP contribution in [0.5, 0.6) is 5.75 Å². The number of hydrazine groups is 1. The molecule has 144 valence electrons. The van der Waals surface area contributed by atoms with E-state index in [0.29, 0.717) is 11.3 Å². The van der Waals surface area contributed by atoms with Crippen LogP contribution in [0.25, 0.3) is 5.69 Å². The van der Waals surface area contributed by atoms with E-state index in [-0.39, 0.29) is 12.3 Å². The molecule has 0 radical (unpaired) electrons. The minimum absolute atomic E-state index is 0.145. The molecule has 0 bridgehead atoms. The van der Waals surface area contributed by atoms with Gasteiger partial charge in [-0.3, -0.25) is 20.4 Å². The highest BCUT2D eigenvalue weighted by atomic mass is 16.5. The zero-order chi connectivity index (χ0) is 20.1. The molecule has 2 aromatic carbocycles. The maximum atomic E-state index is 12.4. The average Bonchev–Trinajstić information content (AvgIpc) is 3.09. The third-order valence-electron chi connectivity index (χ3n) is 4.37. The minimum Gasteiger partial charge on any atom is -0.497 e.